The van der Waals surface area contributed by atoms with Gasteiger partial charge in [-0.1, -0.05) is 37.3 Å². The molecule has 1 atom stereocenters. The molecule has 4 rings (SSSR count). The Hall–Kier alpha value is -2.92. The number of rotatable bonds is 8. The molecule has 1 unspecified atom stereocenters. The first-order valence-corrected chi connectivity index (χ1v) is 11.6. The third-order valence-electron chi connectivity index (χ3n) is 6.69. The van der Waals surface area contributed by atoms with Crippen molar-refractivity contribution in [2.45, 2.75) is 52.1 Å². The van der Waals surface area contributed by atoms with Crippen LogP contribution < -0.4 is 0 Å². The quantitative estimate of drug-likeness (QED) is 0.460. The van der Waals surface area contributed by atoms with Gasteiger partial charge in [0.25, 0.3) is 5.70 Å². The lowest BCUT2D eigenvalue weighted by atomic mass is 9.77. The van der Waals surface area contributed by atoms with Crippen molar-refractivity contribution in [2.24, 2.45) is 22.2 Å². The monoisotopic (exact) mass is 429 g/mol. The van der Waals surface area contributed by atoms with Crippen LogP contribution in [0, 0.1) is 11.8 Å². The molecule has 2 aromatic rings. The van der Waals surface area contributed by atoms with Crippen LogP contribution in [0.5, 0.6) is 0 Å². The van der Waals surface area contributed by atoms with Crippen LogP contribution in [-0.4, -0.2) is 29.1 Å². The molecule has 2 heterocycles. The summed E-state index contributed by atoms with van der Waals surface area (Å²) in [6.07, 6.45) is 14.0. The Morgan fingerprint density at radius 3 is 2.62 bits per heavy atom. The summed E-state index contributed by atoms with van der Waals surface area (Å²) in [5.74, 6) is 1.44. The topological polar surface area (TPSA) is 49.8 Å². The Kier molecular flexibility index (Phi) is 7.38. The van der Waals surface area contributed by atoms with Gasteiger partial charge in [0.2, 0.25) is 5.70 Å². The Bertz CT molecular complexity index is 1020. The lowest BCUT2D eigenvalue weighted by Gasteiger charge is -2.32. The van der Waals surface area contributed by atoms with Gasteiger partial charge in [0.05, 0.1) is 17.9 Å². The molecule has 1 saturated carbocycles. The maximum absolute atomic E-state index is 6.35. The maximum atomic E-state index is 6.35. The van der Waals surface area contributed by atoms with Gasteiger partial charge in [-0.15, -0.1) is 4.68 Å². The molecule has 0 N–H and O–H groups in total. The number of aromatic nitrogens is 1. The molecule has 1 aliphatic carbocycles. The van der Waals surface area contributed by atoms with Crippen molar-refractivity contribution in [3.8, 4) is 0 Å². The van der Waals surface area contributed by atoms with Gasteiger partial charge < -0.3 is 4.74 Å². The van der Waals surface area contributed by atoms with Gasteiger partial charge in [-0.05, 0) is 80.2 Å². The van der Waals surface area contributed by atoms with E-state index in [9.17, 15) is 0 Å². The van der Waals surface area contributed by atoms with Gasteiger partial charge in [-0.2, -0.15) is 0 Å². The van der Waals surface area contributed by atoms with Crippen LogP contribution in [0.25, 0.3) is 11.8 Å². The zero-order valence-corrected chi connectivity index (χ0v) is 19.2. The first kappa shape index (κ1) is 22.3. The van der Waals surface area contributed by atoms with Crippen LogP contribution in [0.3, 0.4) is 0 Å². The molecule has 166 valence electrons. The minimum atomic E-state index is 0.285. The highest BCUT2D eigenvalue weighted by Crippen LogP contribution is 2.34. The van der Waals surface area contributed by atoms with E-state index in [2.05, 4.69) is 59.3 Å². The fourth-order valence-corrected chi connectivity index (χ4v) is 4.80. The average molecular weight is 430 g/mol. The van der Waals surface area contributed by atoms with E-state index in [1.165, 1.54) is 18.4 Å². The summed E-state index contributed by atoms with van der Waals surface area (Å²) < 4.78 is 7.95. The lowest BCUT2D eigenvalue weighted by molar-refractivity contribution is -0.479. The predicted molar refractivity (Wildman–Crippen MR) is 129 cm³/mol. The second-order valence-electron chi connectivity index (χ2n) is 8.86. The second-order valence-corrected chi connectivity index (χ2v) is 8.86. The van der Waals surface area contributed by atoms with Gasteiger partial charge in [0, 0.05) is 18.0 Å². The molecule has 0 bridgehead atoms. The van der Waals surface area contributed by atoms with Gasteiger partial charge in [-0.25, -0.2) is 0 Å². The second kappa shape index (κ2) is 10.6. The fraction of sp³-hybridized carbons (Fsp3) is 0.407. The molecule has 1 fully saturated rings. The van der Waals surface area contributed by atoms with Crippen molar-refractivity contribution in [3.05, 3.63) is 77.3 Å². The first-order chi connectivity index (χ1) is 15.7. The van der Waals surface area contributed by atoms with E-state index in [1.54, 1.807) is 4.68 Å². The van der Waals surface area contributed by atoms with E-state index in [-0.39, 0.29) is 6.10 Å². The number of ether oxygens (including phenoxy) is 1. The molecule has 0 spiro atoms. The van der Waals surface area contributed by atoms with Gasteiger partial charge in [0.1, 0.15) is 11.8 Å². The third kappa shape index (κ3) is 5.28. The van der Waals surface area contributed by atoms with Crippen LogP contribution in [0.2, 0.25) is 0 Å². The minimum Gasteiger partial charge on any atom is -0.369 e. The number of allylic oxidation sites excluding steroid dienone is 1. The summed E-state index contributed by atoms with van der Waals surface area (Å²) in [7, 11) is 0. The van der Waals surface area contributed by atoms with E-state index in [4.69, 9.17) is 4.74 Å². The molecule has 0 radical (unpaired) electrons. The van der Waals surface area contributed by atoms with Crippen molar-refractivity contribution >= 4 is 18.5 Å². The molecule has 1 aliphatic heterocycles. The number of hydrogen-bond acceptors (Lipinski definition) is 4. The molecule has 32 heavy (non-hydrogen) atoms. The molecule has 5 nitrogen and oxygen atoms in total. The van der Waals surface area contributed by atoms with Crippen LogP contribution in [-0.2, 0) is 11.2 Å². The molecule has 1 aromatic heterocycles. The van der Waals surface area contributed by atoms with Crippen molar-refractivity contribution in [3.63, 3.8) is 0 Å². The Balaban J connectivity index is 1.35. The SMILES string of the molecule is C=[N+]1N=NC(c2ccccc2C=CC)=C1COC1CCC(C(C)Cc2ccncc2)CC1. The van der Waals surface area contributed by atoms with Crippen LogP contribution in [0.4, 0.5) is 0 Å². The summed E-state index contributed by atoms with van der Waals surface area (Å²) in [6, 6.07) is 12.5. The zero-order valence-electron chi connectivity index (χ0n) is 19.2. The van der Waals surface area contributed by atoms with Crippen molar-refractivity contribution in [1.29, 1.82) is 0 Å². The zero-order chi connectivity index (χ0) is 22.3. The van der Waals surface area contributed by atoms with E-state index in [0.717, 1.165) is 47.7 Å². The molecular formula is C27H33N4O+. The van der Waals surface area contributed by atoms with E-state index in [1.807, 2.05) is 37.5 Å². The predicted octanol–water partition coefficient (Wildman–Crippen LogP) is 6.33. The highest BCUT2D eigenvalue weighted by Gasteiger charge is 2.31. The molecule has 1 aromatic carbocycles. The average Bonchev–Trinajstić information content (AvgIpc) is 3.19. The minimum absolute atomic E-state index is 0.285. The van der Waals surface area contributed by atoms with Crippen molar-refractivity contribution in [2.75, 3.05) is 6.61 Å². The van der Waals surface area contributed by atoms with Crippen molar-refractivity contribution in [1.82, 2.24) is 4.98 Å². The number of benzene rings is 1. The molecule has 0 amide bonds. The van der Waals surface area contributed by atoms with Crippen LogP contribution in [0.1, 0.15) is 56.2 Å². The largest absolute Gasteiger partial charge is 0.369 e. The van der Waals surface area contributed by atoms with E-state index < -0.39 is 0 Å². The standard InChI is InChI=1S/C27H33N4O/c1-4-7-23-8-5-6-9-25(23)27-26(31(3)30-29-27)19-32-24-12-10-22(11-13-24)20(2)18-21-14-16-28-17-15-21/h4-9,14-17,20,22,24H,3,10-13,18-19H2,1-2H3/q+1. The Labute approximate surface area is 191 Å². The van der Waals surface area contributed by atoms with Crippen LogP contribution >= 0.6 is 0 Å². The molecule has 2 aliphatic rings. The number of hydrogen-bond donors (Lipinski definition) is 0. The third-order valence-corrected chi connectivity index (χ3v) is 6.69. The highest BCUT2D eigenvalue weighted by atomic mass is 16.5. The molecule has 0 saturated heterocycles. The van der Waals surface area contributed by atoms with Gasteiger partial charge in [-0.3, -0.25) is 4.98 Å². The molecule has 5 heteroatoms. The normalized spacial score (nSPS) is 22.1. The smallest absolute Gasteiger partial charge is 0.258 e. The van der Waals surface area contributed by atoms with Gasteiger partial charge in [0.15, 0.2) is 0 Å². The fourth-order valence-electron chi connectivity index (χ4n) is 4.80. The summed E-state index contributed by atoms with van der Waals surface area (Å²) >= 11 is 0. The van der Waals surface area contributed by atoms with E-state index in [0.29, 0.717) is 12.5 Å². The Morgan fingerprint density at radius 2 is 1.88 bits per heavy atom. The number of pyridine rings is 1. The maximum Gasteiger partial charge on any atom is 0.258 e. The summed E-state index contributed by atoms with van der Waals surface area (Å²) in [6.45, 7) is 8.91. The summed E-state index contributed by atoms with van der Waals surface area (Å²) in [4.78, 5) is 4.13. The van der Waals surface area contributed by atoms with E-state index >= 15 is 0 Å². The highest BCUT2D eigenvalue weighted by molar-refractivity contribution is 5.75. The molecular weight excluding hydrogens is 396 g/mol. The first-order valence-electron chi connectivity index (χ1n) is 11.6. The summed E-state index contributed by atoms with van der Waals surface area (Å²) in [5, 5.41) is 8.58. The van der Waals surface area contributed by atoms with Crippen molar-refractivity contribution < 1.29 is 9.42 Å². The number of nitrogens with zero attached hydrogens (tertiary/aromatic N) is 4. The van der Waals surface area contributed by atoms with Crippen LogP contribution in [0.15, 0.2) is 70.9 Å². The lowest BCUT2D eigenvalue weighted by Crippen LogP contribution is -2.27. The summed E-state index contributed by atoms with van der Waals surface area (Å²) in [5.41, 5.74) is 5.35. The Morgan fingerprint density at radius 1 is 1.12 bits per heavy atom. The van der Waals surface area contributed by atoms with Gasteiger partial charge >= 0.3 is 0 Å².